The van der Waals surface area contributed by atoms with E-state index in [-0.39, 0.29) is 0 Å². The van der Waals surface area contributed by atoms with E-state index in [0.717, 1.165) is 0 Å². The van der Waals surface area contributed by atoms with Crippen molar-refractivity contribution in [2.75, 3.05) is 0 Å². The molecule has 0 saturated heterocycles. The summed E-state index contributed by atoms with van der Waals surface area (Å²) in [6.07, 6.45) is 8.91. The largest absolute Gasteiger partial charge is 0.0727 e. The summed E-state index contributed by atoms with van der Waals surface area (Å²) in [5.41, 5.74) is 4.79. The molecule has 12 heavy (non-hydrogen) atoms. The summed E-state index contributed by atoms with van der Waals surface area (Å²) < 4.78 is 0. The molecular formula is C12H20. The van der Waals surface area contributed by atoms with Crippen molar-refractivity contribution >= 4 is 0 Å². The predicted molar refractivity (Wildman–Crippen MR) is 55.2 cm³/mol. The Labute approximate surface area is 76.4 Å². The Morgan fingerprint density at radius 1 is 1.25 bits per heavy atom. The number of rotatable bonds is 3. The molecule has 1 rings (SSSR count). The zero-order chi connectivity index (χ0) is 8.97. The first-order chi connectivity index (χ1) is 5.74. The van der Waals surface area contributed by atoms with Crippen LogP contribution < -0.4 is 0 Å². The third kappa shape index (κ3) is 2.51. The van der Waals surface area contributed by atoms with Crippen molar-refractivity contribution < 1.29 is 0 Å². The number of hydrogen-bond donors (Lipinski definition) is 0. The Bertz CT molecular complexity index is 206. The molecule has 0 aromatic carbocycles. The first-order valence-electron chi connectivity index (χ1n) is 5.10. The fraction of sp³-hybridized carbons (Fsp3) is 0.667. The summed E-state index contributed by atoms with van der Waals surface area (Å²) in [5, 5.41) is 0. The molecule has 0 nitrogen and oxygen atoms in total. The molecule has 0 aliphatic heterocycles. The van der Waals surface area contributed by atoms with E-state index in [9.17, 15) is 0 Å². The molecule has 0 fully saturated rings. The summed E-state index contributed by atoms with van der Waals surface area (Å²) >= 11 is 0. The third-order valence-corrected chi connectivity index (χ3v) is 2.66. The van der Waals surface area contributed by atoms with E-state index in [4.69, 9.17) is 0 Å². The molecule has 0 radical (unpaired) electrons. The van der Waals surface area contributed by atoms with Gasteiger partial charge in [0.05, 0.1) is 0 Å². The predicted octanol–water partition coefficient (Wildman–Crippen LogP) is 4.23. The summed E-state index contributed by atoms with van der Waals surface area (Å²) in [6, 6.07) is 0. The van der Waals surface area contributed by atoms with E-state index in [1.807, 2.05) is 0 Å². The van der Waals surface area contributed by atoms with Crippen molar-refractivity contribution in [3.05, 3.63) is 22.8 Å². The van der Waals surface area contributed by atoms with Gasteiger partial charge >= 0.3 is 0 Å². The van der Waals surface area contributed by atoms with Crippen LogP contribution in [-0.2, 0) is 0 Å². The van der Waals surface area contributed by atoms with Crippen LogP contribution in [0, 0.1) is 0 Å². The minimum atomic E-state index is 1.28. The maximum absolute atomic E-state index is 2.40. The topological polar surface area (TPSA) is 0 Å². The molecule has 0 N–H and O–H groups in total. The van der Waals surface area contributed by atoms with Gasteiger partial charge in [0, 0.05) is 0 Å². The molecule has 0 amide bonds. The van der Waals surface area contributed by atoms with Gasteiger partial charge in [0.2, 0.25) is 0 Å². The van der Waals surface area contributed by atoms with Crippen LogP contribution in [0.2, 0.25) is 0 Å². The van der Waals surface area contributed by atoms with Crippen molar-refractivity contribution in [3.63, 3.8) is 0 Å². The van der Waals surface area contributed by atoms with Gasteiger partial charge in [-0.15, -0.1) is 0 Å². The van der Waals surface area contributed by atoms with Crippen LogP contribution in [0.3, 0.4) is 0 Å². The van der Waals surface area contributed by atoms with Crippen molar-refractivity contribution in [2.45, 2.75) is 52.9 Å². The van der Waals surface area contributed by atoms with Gasteiger partial charge in [0.1, 0.15) is 0 Å². The second kappa shape index (κ2) is 4.49. The second-order valence-corrected chi connectivity index (χ2v) is 3.90. The minimum Gasteiger partial charge on any atom is -0.0727 e. The highest BCUT2D eigenvalue weighted by molar-refractivity contribution is 5.31. The van der Waals surface area contributed by atoms with Crippen LogP contribution >= 0.6 is 0 Å². The van der Waals surface area contributed by atoms with E-state index >= 15 is 0 Å². The van der Waals surface area contributed by atoms with Crippen molar-refractivity contribution in [3.8, 4) is 0 Å². The van der Waals surface area contributed by atoms with Crippen LogP contribution in [0.1, 0.15) is 52.9 Å². The Morgan fingerprint density at radius 2 is 2.00 bits per heavy atom. The van der Waals surface area contributed by atoms with Crippen molar-refractivity contribution in [1.82, 2.24) is 0 Å². The Morgan fingerprint density at radius 3 is 2.67 bits per heavy atom. The van der Waals surface area contributed by atoms with E-state index in [2.05, 4.69) is 26.8 Å². The zero-order valence-electron chi connectivity index (χ0n) is 8.61. The summed E-state index contributed by atoms with van der Waals surface area (Å²) in [7, 11) is 0. The standard InChI is InChI=1S/C12H20/c1-4-5-6-12-9-10(2)7-8-11(12)3/h9H,4-8H2,1-3H3. The molecule has 0 atom stereocenters. The first-order valence-corrected chi connectivity index (χ1v) is 5.10. The summed E-state index contributed by atoms with van der Waals surface area (Å²) in [4.78, 5) is 0. The van der Waals surface area contributed by atoms with Gasteiger partial charge in [-0.2, -0.15) is 0 Å². The molecule has 0 spiro atoms. The van der Waals surface area contributed by atoms with E-state index < -0.39 is 0 Å². The molecule has 1 aliphatic carbocycles. The highest BCUT2D eigenvalue weighted by Gasteiger charge is 2.06. The van der Waals surface area contributed by atoms with Crippen LogP contribution in [0.25, 0.3) is 0 Å². The smallest absolute Gasteiger partial charge is 0.0280 e. The van der Waals surface area contributed by atoms with Gasteiger partial charge in [-0.05, 0) is 45.1 Å². The van der Waals surface area contributed by atoms with Gasteiger partial charge in [-0.3, -0.25) is 0 Å². The monoisotopic (exact) mass is 164 g/mol. The number of allylic oxidation sites excluding steroid dienone is 4. The third-order valence-electron chi connectivity index (χ3n) is 2.66. The first kappa shape index (κ1) is 9.57. The lowest BCUT2D eigenvalue weighted by molar-refractivity contribution is 0.769. The molecule has 0 heteroatoms. The fourth-order valence-corrected chi connectivity index (χ4v) is 1.69. The molecule has 1 aliphatic rings. The number of hydrogen-bond acceptors (Lipinski definition) is 0. The maximum Gasteiger partial charge on any atom is -0.0280 e. The maximum atomic E-state index is 2.40. The lowest BCUT2D eigenvalue weighted by Gasteiger charge is -2.15. The molecule has 0 aromatic heterocycles. The Balaban J connectivity index is 2.59. The molecule has 0 unspecified atom stereocenters. The SMILES string of the molecule is CCCCC1=C(C)CCC(C)=C1. The second-order valence-electron chi connectivity index (χ2n) is 3.90. The van der Waals surface area contributed by atoms with Gasteiger partial charge in [-0.1, -0.05) is 30.6 Å². The lowest BCUT2D eigenvalue weighted by atomic mass is 9.91. The average Bonchev–Trinajstić information content (AvgIpc) is 2.07. The highest BCUT2D eigenvalue weighted by atomic mass is 14.1. The summed E-state index contributed by atoms with van der Waals surface area (Å²) in [5.74, 6) is 0. The van der Waals surface area contributed by atoms with Crippen molar-refractivity contribution in [2.24, 2.45) is 0 Å². The molecule has 0 saturated carbocycles. The van der Waals surface area contributed by atoms with Crippen LogP contribution in [-0.4, -0.2) is 0 Å². The molecule has 0 heterocycles. The van der Waals surface area contributed by atoms with Gasteiger partial charge in [-0.25, -0.2) is 0 Å². The summed E-state index contributed by atoms with van der Waals surface area (Å²) in [6.45, 7) is 6.79. The van der Waals surface area contributed by atoms with E-state index in [0.29, 0.717) is 0 Å². The molecular weight excluding hydrogens is 144 g/mol. The Hall–Kier alpha value is -0.520. The van der Waals surface area contributed by atoms with Crippen LogP contribution in [0.5, 0.6) is 0 Å². The molecule has 0 aromatic rings. The Kier molecular flexibility index (Phi) is 3.58. The van der Waals surface area contributed by atoms with E-state index in [1.165, 1.54) is 32.1 Å². The van der Waals surface area contributed by atoms with Gasteiger partial charge in [0.15, 0.2) is 0 Å². The van der Waals surface area contributed by atoms with Gasteiger partial charge in [0.25, 0.3) is 0 Å². The average molecular weight is 164 g/mol. The van der Waals surface area contributed by atoms with Crippen LogP contribution in [0.4, 0.5) is 0 Å². The zero-order valence-corrected chi connectivity index (χ0v) is 8.61. The normalized spacial score (nSPS) is 18.1. The highest BCUT2D eigenvalue weighted by Crippen LogP contribution is 2.26. The van der Waals surface area contributed by atoms with Crippen LogP contribution in [0.15, 0.2) is 22.8 Å². The van der Waals surface area contributed by atoms with Gasteiger partial charge < -0.3 is 0 Å². The molecule has 0 bridgehead atoms. The fourth-order valence-electron chi connectivity index (χ4n) is 1.69. The minimum absolute atomic E-state index is 1.28. The van der Waals surface area contributed by atoms with Crippen molar-refractivity contribution in [1.29, 1.82) is 0 Å². The quantitative estimate of drug-likeness (QED) is 0.585. The number of unbranched alkanes of at least 4 members (excludes halogenated alkanes) is 1. The van der Waals surface area contributed by atoms with E-state index in [1.54, 1.807) is 16.7 Å². The lowest BCUT2D eigenvalue weighted by Crippen LogP contribution is -1.95. The molecule has 68 valence electrons.